The zero-order valence-electron chi connectivity index (χ0n) is 14.7. The first-order valence-electron chi connectivity index (χ1n) is 7.96. The molecule has 0 fully saturated rings. The van der Waals surface area contributed by atoms with Crippen LogP contribution >= 0.6 is 15.9 Å². The third-order valence-corrected chi connectivity index (χ3v) is 3.92. The van der Waals surface area contributed by atoms with Crippen molar-refractivity contribution in [3.8, 4) is 11.5 Å². The SMILES string of the molecule is CC(C)Oc1ccccc1C(=O)Oc1ccc(Br)cc1C(C)(C)C. The van der Waals surface area contributed by atoms with E-state index in [0.717, 1.165) is 10.0 Å². The van der Waals surface area contributed by atoms with E-state index in [1.807, 2.05) is 38.1 Å². The lowest BCUT2D eigenvalue weighted by atomic mass is 9.86. The van der Waals surface area contributed by atoms with Crippen molar-refractivity contribution in [2.75, 3.05) is 0 Å². The average molecular weight is 391 g/mol. The second-order valence-corrected chi connectivity index (χ2v) is 7.86. The van der Waals surface area contributed by atoms with Gasteiger partial charge in [0, 0.05) is 10.0 Å². The van der Waals surface area contributed by atoms with Gasteiger partial charge >= 0.3 is 5.97 Å². The monoisotopic (exact) mass is 390 g/mol. The van der Waals surface area contributed by atoms with Gasteiger partial charge in [0.05, 0.1) is 6.10 Å². The summed E-state index contributed by atoms with van der Waals surface area (Å²) in [7, 11) is 0. The lowest BCUT2D eigenvalue weighted by Gasteiger charge is -2.23. The van der Waals surface area contributed by atoms with Crippen LogP contribution in [-0.4, -0.2) is 12.1 Å². The molecule has 0 N–H and O–H groups in total. The van der Waals surface area contributed by atoms with Gasteiger partial charge in [0.25, 0.3) is 0 Å². The Bertz CT molecular complexity index is 730. The summed E-state index contributed by atoms with van der Waals surface area (Å²) < 4.78 is 12.4. The van der Waals surface area contributed by atoms with E-state index in [2.05, 4.69) is 36.7 Å². The molecule has 0 atom stereocenters. The Morgan fingerprint density at radius 1 is 1.04 bits per heavy atom. The Morgan fingerprint density at radius 2 is 1.71 bits per heavy atom. The Labute approximate surface area is 152 Å². The lowest BCUT2D eigenvalue weighted by molar-refractivity contribution is 0.0725. The summed E-state index contributed by atoms with van der Waals surface area (Å²) in [5, 5.41) is 0. The van der Waals surface area contributed by atoms with Crippen molar-refractivity contribution < 1.29 is 14.3 Å². The van der Waals surface area contributed by atoms with Crippen molar-refractivity contribution in [2.24, 2.45) is 0 Å². The number of ether oxygens (including phenoxy) is 2. The van der Waals surface area contributed by atoms with E-state index in [0.29, 0.717) is 17.1 Å². The molecular formula is C20H23BrO3. The molecule has 2 aromatic rings. The summed E-state index contributed by atoms with van der Waals surface area (Å²) in [6.45, 7) is 10.1. The first kappa shape index (κ1) is 18.5. The summed E-state index contributed by atoms with van der Waals surface area (Å²) in [6.07, 6.45) is -0.0169. The largest absolute Gasteiger partial charge is 0.490 e. The van der Waals surface area contributed by atoms with Gasteiger partial charge < -0.3 is 9.47 Å². The van der Waals surface area contributed by atoms with Crippen LogP contribution in [-0.2, 0) is 5.41 Å². The van der Waals surface area contributed by atoms with Gasteiger partial charge in [0.1, 0.15) is 17.1 Å². The first-order valence-corrected chi connectivity index (χ1v) is 8.75. The van der Waals surface area contributed by atoms with E-state index in [-0.39, 0.29) is 11.5 Å². The number of hydrogen-bond acceptors (Lipinski definition) is 3. The maximum atomic E-state index is 12.7. The van der Waals surface area contributed by atoms with E-state index in [1.165, 1.54) is 0 Å². The number of carbonyl (C=O) groups is 1. The van der Waals surface area contributed by atoms with Crippen LogP contribution in [0.5, 0.6) is 11.5 Å². The van der Waals surface area contributed by atoms with E-state index in [1.54, 1.807) is 18.2 Å². The lowest BCUT2D eigenvalue weighted by Crippen LogP contribution is -2.17. The van der Waals surface area contributed by atoms with Crippen LogP contribution in [0.1, 0.15) is 50.5 Å². The standard InChI is InChI=1S/C20H23BrO3/c1-13(2)23-17-9-7-6-8-15(17)19(22)24-18-11-10-14(21)12-16(18)20(3,4)5/h6-13H,1-5H3. The topological polar surface area (TPSA) is 35.5 Å². The van der Waals surface area contributed by atoms with E-state index >= 15 is 0 Å². The Balaban J connectivity index is 2.35. The van der Waals surface area contributed by atoms with Crippen molar-refractivity contribution in [2.45, 2.75) is 46.1 Å². The van der Waals surface area contributed by atoms with Crippen molar-refractivity contribution in [3.05, 3.63) is 58.1 Å². The zero-order valence-corrected chi connectivity index (χ0v) is 16.3. The third-order valence-electron chi connectivity index (χ3n) is 3.42. The predicted octanol–water partition coefficient (Wildman–Crippen LogP) is 5.75. The number of carbonyl (C=O) groups excluding carboxylic acids is 1. The summed E-state index contributed by atoms with van der Waals surface area (Å²) in [5.74, 6) is 0.682. The van der Waals surface area contributed by atoms with Crippen LogP contribution in [0.4, 0.5) is 0 Å². The highest BCUT2D eigenvalue weighted by molar-refractivity contribution is 9.10. The second-order valence-electron chi connectivity index (χ2n) is 6.94. The summed E-state index contributed by atoms with van der Waals surface area (Å²) in [4.78, 5) is 12.7. The fourth-order valence-corrected chi connectivity index (χ4v) is 2.69. The minimum atomic E-state index is -0.418. The van der Waals surface area contributed by atoms with Gasteiger partial charge in [-0.15, -0.1) is 0 Å². The molecular weight excluding hydrogens is 368 g/mol. The minimum Gasteiger partial charge on any atom is -0.490 e. The van der Waals surface area contributed by atoms with Gasteiger partial charge in [-0.25, -0.2) is 4.79 Å². The number of halogens is 1. The number of esters is 1. The number of para-hydroxylation sites is 1. The van der Waals surface area contributed by atoms with Crippen LogP contribution in [0.3, 0.4) is 0 Å². The maximum absolute atomic E-state index is 12.7. The highest BCUT2D eigenvalue weighted by Crippen LogP contribution is 2.34. The highest BCUT2D eigenvalue weighted by Gasteiger charge is 2.23. The van der Waals surface area contributed by atoms with Crippen LogP contribution in [0, 0.1) is 0 Å². The normalized spacial score (nSPS) is 11.5. The quantitative estimate of drug-likeness (QED) is 0.492. The number of hydrogen-bond donors (Lipinski definition) is 0. The van der Waals surface area contributed by atoms with Crippen LogP contribution in [0.15, 0.2) is 46.9 Å². The van der Waals surface area contributed by atoms with Crippen molar-refractivity contribution >= 4 is 21.9 Å². The van der Waals surface area contributed by atoms with Gasteiger partial charge in [-0.2, -0.15) is 0 Å². The molecule has 2 aromatic carbocycles. The summed E-state index contributed by atoms with van der Waals surface area (Å²) >= 11 is 3.48. The first-order chi connectivity index (χ1) is 11.2. The molecule has 0 aliphatic heterocycles. The van der Waals surface area contributed by atoms with Crippen LogP contribution < -0.4 is 9.47 Å². The molecule has 2 rings (SSSR count). The Hall–Kier alpha value is -1.81. The maximum Gasteiger partial charge on any atom is 0.347 e. The molecule has 0 saturated carbocycles. The van der Waals surface area contributed by atoms with Crippen LogP contribution in [0.25, 0.3) is 0 Å². The fourth-order valence-electron chi connectivity index (χ4n) is 2.32. The summed E-state index contributed by atoms with van der Waals surface area (Å²) in [6, 6.07) is 12.8. The molecule has 4 heteroatoms. The van der Waals surface area contributed by atoms with Crippen molar-refractivity contribution in [1.82, 2.24) is 0 Å². The van der Waals surface area contributed by atoms with Crippen molar-refractivity contribution in [3.63, 3.8) is 0 Å². The van der Waals surface area contributed by atoms with Gasteiger partial charge in [0.2, 0.25) is 0 Å². The van der Waals surface area contributed by atoms with E-state index in [9.17, 15) is 4.79 Å². The summed E-state index contributed by atoms with van der Waals surface area (Å²) in [5.41, 5.74) is 1.24. The minimum absolute atomic E-state index is 0.0169. The second kappa shape index (κ2) is 7.39. The molecule has 0 amide bonds. The van der Waals surface area contributed by atoms with Crippen LogP contribution in [0.2, 0.25) is 0 Å². The third kappa shape index (κ3) is 4.60. The molecule has 3 nitrogen and oxygen atoms in total. The predicted molar refractivity (Wildman–Crippen MR) is 100 cm³/mol. The molecule has 0 heterocycles. The molecule has 0 saturated heterocycles. The molecule has 128 valence electrons. The van der Waals surface area contributed by atoms with Gasteiger partial charge in [-0.05, 0) is 49.6 Å². The van der Waals surface area contributed by atoms with E-state index in [4.69, 9.17) is 9.47 Å². The van der Waals surface area contributed by atoms with Gasteiger partial charge in [-0.1, -0.05) is 48.8 Å². The Morgan fingerprint density at radius 3 is 2.33 bits per heavy atom. The molecule has 0 spiro atoms. The highest BCUT2D eigenvalue weighted by atomic mass is 79.9. The number of benzene rings is 2. The van der Waals surface area contributed by atoms with Crippen molar-refractivity contribution in [1.29, 1.82) is 0 Å². The van der Waals surface area contributed by atoms with E-state index < -0.39 is 5.97 Å². The average Bonchev–Trinajstić information content (AvgIpc) is 2.48. The molecule has 0 radical (unpaired) electrons. The molecule has 0 aromatic heterocycles. The zero-order chi connectivity index (χ0) is 17.9. The smallest absolute Gasteiger partial charge is 0.347 e. The molecule has 0 unspecified atom stereocenters. The van der Waals surface area contributed by atoms with Gasteiger partial charge in [0.15, 0.2) is 0 Å². The fraction of sp³-hybridized carbons (Fsp3) is 0.350. The molecule has 0 aliphatic carbocycles. The molecule has 24 heavy (non-hydrogen) atoms. The molecule has 0 bridgehead atoms. The Kier molecular flexibility index (Phi) is 5.70. The van der Waals surface area contributed by atoms with Gasteiger partial charge in [-0.3, -0.25) is 0 Å². The number of rotatable bonds is 4. The molecule has 0 aliphatic rings.